The smallest absolute Gasteiger partial charge is 0.253 e. The molecule has 1 saturated heterocycles. The summed E-state index contributed by atoms with van der Waals surface area (Å²) in [7, 11) is 2.10. The summed E-state index contributed by atoms with van der Waals surface area (Å²) < 4.78 is 0. The maximum atomic E-state index is 13.2. The number of benzene rings is 3. The van der Waals surface area contributed by atoms with Gasteiger partial charge in [0.1, 0.15) is 0 Å². The summed E-state index contributed by atoms with van der Waals surface area (Å²) in [5.41, 5.74) is 7.22. The topological polar surface area (TPSA) is 36.4 Å². The van der Waals surface area contributed by atoms with Crippen LogP contribution in [0.1, 0.15) is 16.1 Å². The van der Waals surface area contributed by atoms with Gasteiger partial charge in [-0.25, -0.2) is 0 Å². The van der Waals surface area contributed by atoms with Gasteiger partial charge in [0.15, 0.2) is 0 Å². The molecule has 4 heteroatoms. The van der Waals surface area contributed by atoms with Gasteiger partial charge in [0, 0.05) is 42.8 Å². The molecule has 0 atom stereocenters. The zero-order chi connectivity index (χ0) is 22.1. The lowest BCUT2D eigenvalue weighted by atomic mass is 9.91. The van der Waals surface area contributed by atoms with Crippen molar-refractivity contribution in [3.8, 4) is 22.3 Å². The molecule has 0 bridgehead atoms. The summed E-state index contributed by atoms with van der Waals surface area (Å²) >= 11 is 0. The predicted octanol–water partition coefficient (Wildman–Crippen LogP) is 5.26. The second-order valence-electron chi connectivity index (χ2n) is 8.55. The summed E-state index contributed by atoms with van der Waals surface area (Å²) in [4.78, 5) is 22.2. The first-order chi connectivity index (χ1) is 15.6. The van der Waals surface area contributed by atoms with Crippen LogP contribution < -0.4 is 0 Å². The predicted molar refractivity (Wildman–Crippen MR) is 131 cm³/mol. The van der Waals surface area contributed by atoms with E-state index in [1.165, 1.54) is 11.1 Å². The molecule has 0 unspecified atom stereocenters. The van der Waals surface area contributed by atoms with Gasteiger partial charge in [-0.3, -0.25) is 9.78 Å². The van der Waals surface area contributed by atoms with Gasteiger partial charge in [-0.2, -0.15) is 0 Å². The Bertz CT molecular complexity index is 1270. The van der Waals surface area contributed by atoms with E-state index in [2.05, 4.69) is 66.5 Å². The van der Waals surface area contributed by atoms with E-state index in [-0.39, 0.29) is 5.91 Å². The zero-order valence-corrected chi connectivity index (χ0v) is 18.6. The molecular formula is C28H27N3O. The van der Waals surface area contributed by atoms with Crippen LogP contribution >= 0.6 is 0 Å². The standard InChI is InChI=1S/C28H27N3O/c1-20-18-25(24-11-7-6-10-23(24)21-8-4-3-5-9-21)26-19-22(12-13-27(26)29-20)28(32)31-16-14-30(2)15-17-31/h3-13,18-19H,14-17H2,1-2H3. The minimum atomic E-state index is 0.0999. The number of nitrogens with zero attached hydrogens (tertiary/aromatic N) is 3. The Labute approximate surface area is 189 Å². The largest absolute Gasteiger partial charge is 0.336 e. The molecule has 0 radical (unpaired) electrons. The average Bonchev–Trinajstić information content (AvgIpc) is 2.84. The van der Waals surface area contributed by atoms with E-state index in [1.807, 2.05) is 36.1 Å². The number of amides is 1. The van der Waals surface area contributed by atoms with E-state index in [0.29, 0.717) is 0 Å². The second-order valence-corrected chi connectivity index (χ2v) is 8.55. The first-order valence-electron chi connectivity index (χ1n) is 11.1. The molecule has 3 aromatic carbocycles. The fourth-order valence-corrected chi connectivity index (χ4v) is 4.49. The maximum absolute atomic E-state index is 13.2. The number of aromatic nitrogens is 1. The van der Waals surface area contributed by atoms with Crippen molar-refractivity contribution in [3.63, 3.8) is 0 Å². The molecule has 4 aromatic rings. The number of carbonyl (C=O) groups excluding carboxylic acids is 1. The van der Waals surface area contributed by atoms with E-state index in [0.717, 1.165) is 59.5 Å². The first kappa shape index (κ1) is 20.4. The number of rotatable bonds is 3. The van der Waals surface area contributed by atoms with Crippen LogP contribution in [0.15, 0.2) is 78.9 Å². The molecule has 1 aliphatic heterocycles. The van der Waals surface area contributed by atoms with Gasteiger partial charge in [-0.1, -0.05) is 54.6 Å². The third-order valence-electron chi connectivity index (χ3n) is 6.28. The van der Waals surface area contributed by atoms with Gasteiger partial charge in [0.25, 0.3) is 5.91 Å². The lowest BCUT2D eigenvalue weighted by molar-refractivity contribution is 0.0664. The summed E-state index contributed by atoms with van der Waals surface area (Å²) in [5.74, 6) is 0.0999. The van der Waals surface area contributed by atoms with Gasteiger partial charge in [-0.15, -0.1) is 0 Å². The van der Waals surface area contributed by atoms with Crippen LogP contribution in [-0.4, -0.2) is 53.9 Å². The number of hydrogen-bond acceptors (Lipinski definition) is 3. The summed E-state index contributed by atoms with van der Waals surface area (Å²) in [6.45, 7) is 5.38. The van der Waals surface area contributed by atoms with E-state index < -0.39 is 0 Å². The summed E-state index contributed by atoms with van der Waals surface area (Å²) in [6.07, 6.45) is 0. The normalized spacial score (nSPS) is 14.6. The SMILES string of the molecule is Cc1cc(-c2ccccc2-c2ccccc2)c2cc(C(=O)N3CCN(C)CC3)ccc2n1. The highest BCUT2D eigenvalue weighted by atomic mass is 16.2. The molecule has 32 heavy (non-hydrogen) atoms. The molecule has 1 amide bonds. The Morgan fingerprint density at radius 3 is 2.22 bits per heavy atom. The Balaban J connectivity index is 1.63. The molecule has 5 rings (SSSR count). The summed E-state index contributed by atoms with van der Waals surface area (Å²) in [6, 6.07) is 27.0. The number of hydrogen-bond donors (Lipinski definition) is 0. The molecule has 2 heterocycles. The Hall–Kier alpha value is -3.50. The average molecular weight is 422 g/mol. The van der Waals surface area contributed by atoms with Crippen molar-refractivity contribution in [1.82, 2.24) is 14.8 Å². The number of aryl methyl sites for hydroxylation is 1. The maximum Gasteiger partial charge on any atom is 0.253 e. The van der Waals surface area contributed by atoms with E-state index in [1.54, 1.807) is 0 Å². The molecular weight excluding hydrogens is 394 g/mol. The van der Waals surface area contributed by atoms with Crippen LogP contribution in [-0.2, 0) is 0 Å². The highest BCUT2D eigenvalue weighted by Crippen LogP contribution is 2.36. The number of fused-ring (bicyclic) bond motifs is 1. The lowest BCUT2D eigenvalue weighted by Gasteiger charge is -2.32. The minimum absolute atomic E-state index is 0.0999. The van der Waals surface area contributed by atoms with Crippen molar-refractivity contribution in [2.24, 2.45) is 0 Å². The van der Waals surface area contributed by atoms with Crippen LogP contribution in [0.2, 0.25) is 0 Å². The van der Waals surface area contributed by atoms with Gasteiger partial charge < -0.3 is 9.80 Å². The number of pyridine rings is 1. The van der Waals surface area contributed by atoms with Crippen molar-refractivity contribution in [3.05, 3.63) is 90.1 Å². The van der Waals surface area contributed by atoms with Gasteiger partial charge in [0.2, 0.25) is 0 Å². The zero-order valence-electron chi connectivity index (χ0n) is 18.6. The van der Waals surface area contributed by atoms with E-state index in [4.69, 9.17) is 4.98 Å². The molecule has 0 spiro atoms. The molecule has 1 aliphatic rings. The van der Waals surface area contributed by atoms with Crippen LogP contribution in [0.25, 0.3) is 33.2 Å². The Morgan fingerprint density at radius 1 is 0.781 bits per heavy atom. The quantitative estimate of drug-likeness (QED) is 0.452. The Morgan fingerprint density at radius 2 is 1.47 bits per heavy atom. The van der Waals surface area contributed by atoms with Crippen LogP contribution in [0.3, 0.4) is 0 Å². The van der Waals surface area contributed by atoms with Crippen molar-refractivity contribution >= 4 is 16.8 Å². The Kier molecular flexibility index (Phi) is 5.46. The molecule has 4 nitrogen and oxygen atoms in total. The number of piperazine rings is 1. The van der Waals surface area contributed by atoms with E-state index in [9.17, 15) is 4.79 Å². The minimum Gasteiger partial charge on any atom is -0.336 e. The third-order valence-corrected chi connectivity index (χ3v) is 6.28. The van der Waals surface area contributed by atoms with Gasteiger partial charge >= 0.3 is 0 Å². The lowest BCUT2D eigenvalue weighted by Crippen LogP contribution is -2.47. The fraction of sp³-hybridized carbons (Fsp3) is 0.214. The second kappa shape index (κ2) is 8.56. The third kappa shape index (κ3) is 3.90. The van der Waals surface area contributed by atoms with Gasteiger partial charge in [0.05, 0.1) is 5.52 Å². The monoisotopic (exact) mass is 421 g/mol. The highest BCUT2D eigenvalue weighted by molar-refractivity contribution is 6.04. The van der Waals surface area contributed by atoms with E-state index >= 15 is 0 Å². The van der Waals surface area contributed by atoms with Crippen molar-refractivity contribution in [2.45, 2.75) is 6.92 Å². The molecule has 0 aliphatic carbocycles. The number of carbonyl (C=O) groups is 1. The molecule has 0 saturated carbocycles. The van der Waals surface area contributed by atoms with Crippen LogP contribution in [0.4, 0.5) is 0 Å². The summed E-state index contributed by atoms with van der Waals surface area (Å²) in [5, 5.41) is 1.01. The highest BCUT2D eigenvalue weighted by Gasteiger charge is 2.21. The number of likely N-dealkylation sites (N-methyl/N-ethyl adjacent to an activating group) is 1. The first-order valence-corrected chi connectivity index (χ1v) is 11.1. The van der Waals surface area contributed by atoms with Crippen molar-refractivity contribution in [2.75, 3.05) is 33.2 Å². The van der Waals surface area contributed by atoms with Crippen LogP contribution in [0, 0.1) is 6.92 Å². The van der Waals surface area contributed by atoms with Gasteiger partial charge in [-0.05, 0) is 60.5 Å². The van der Waals surface area contributed by atoms with Crippen molar-refractivity contribution < 1.29 is 4.79 Å². The van der Waals surface area contributed by atoms with Crippen LogP contribution in [0.5, 0.6) is 0 Å². The molecule has 1 fully saturated rings. The molecule has 0 N–H and O–H groups in total. The molecule has 1 aromatic heterocycles. The molecule has 160 valence electrons. The van der Waals surface area contributed by atoms with Crippen molar-refractivity contribution in [1.29, 1.82) is 0 Å². The fourth-order valence-electron chi connectivity index (χ4n) is 4.49.